The number of urea groups is 1. The molecule has 2 amide bonds. The van der Waals surface area contributed by atoms with Crippen LogP contribution in [0.4, 0.5) is 4.79 Å². The molecule has 1 aliphatic rings. The highest BCUT2D eigenvalue weighted by atomic mass is 16.4. The minimum Gasteiger partial charge on any atom is -0.481 e. The number of carboxylic acids is 1. The summed E-state index contributed by atoms with van der Waals surface area (Å²) in [5, 5.41) is 8.89. The Morgan fingerprint density at radius 1 is 1.14 bits per heavy atom. The Morgan fingerprint density at radius 2 is 1.71 bits per heavy atom. The first-order chi connectivity index (χ1) is 9.90. The van der Waals surface area contributed by atoms with Crippen LogP contribution in [0.1, 0.15) is 40.5 Å². The first-order valence-corrected chi connectivity index (χ1v) is 7.92. The van der Waals surface area contributed by atoms with E-state index in [9.17, 15) is 9.59 Å². The summed E-state index contributed by atoms with van der Waals surface area (Å²) in [5.41, 5.74) is 0. The highest BCUT2D eigenvalue weighted by Gasteiger charge is 2.28. The molecule has 0 spiro atoms. The lowest BCUT2D eigenvalue weighted by molar-refractivity contribution is -0.138. The van der Waals surface area contributed by atoms with Gasteiger partial charge >= 0.3 is 12.0 Å². The molecule has 0 aromatic heterocycles. The molecule has 1 N–H and O–H groups in total. The predicted octanol–water partition coefficient (Wildman–Crippen LogP) is 1.71. The molecule has 0 radical (unpaired) electrons. The van der Waals surface area contributed by atoms with Gasteiger partial charge < -0.3 is 14.9 Å². The summed E-state index contributed by atoms with van der Waals surface area (Å²) < 4.78 is 0. The Kier molecular flexibility index (Phi) is 6.95. The van der Waals surface area contributed by atoms with Crippen molar-refractivity contribution < 1.29 is 14.7 Å². The van der Waals surface area contributed by atoms with E-state index in [1.165, 1.54) is 0 Å². The number of rotatable bonds is 6. The van der Waals surface area contributed by atoms with Crippen molar-refractivity contribution in [1.29, 1.82) is 0 Å². The van der Waals surface area contributed by atoms with Gasteiger partial charge in [-0.15, -0.1) is 0 Å². The van der Waals surface area contributed by atoms with Crippen molar-refractivity contribution in [2.45, 2.75) is 52.6 Å². The molecule has 2 atom stereocenters. The number of carbonyl (C=O) groups excluding carboxylic acids is 1. The van der Waals surface area contributed by atoms with Gasteiger partial charge in [0.2, 0.25) is 0 Å². The van der Waals surface area contributed by atoms with E-state index < -0.39 is 5.97 Å². The van der Waals surface area contributed by atoms with E-state index in [1.807, 2.05) is 11.8 Å². The van der Waals surface area contributed by atoms with Gasteiger partial charge in [0.15, 0.2) is 0 Å². The van der Waals surface area contributed by atoms with E-state index in [2.05, 4.69) is 18.7 Å². The Bertz CT molecular complexity index is 354. The van der Waals surface area contributed by atoms with Gasteiger partial charge in [0.25, 0.3) is 0 Å². The number of hydrogen-bond acceptors (Lipinski definition) is 3. The number of carboxylic acid groups (broad SMARTS) is 1. The Morgan fingerprint density at radius 3 is 2.14 bits per heavy atom. The van der Waals surface area contributed by atoms with Crippen LogP contribution >= 0.6 is 0 Å². The lowest BCUT2D eigenvalue weighted by Crippen LogP contribution is -2.55. The Hall–Kier alpha value is -1.30. The fourth-order valence-electron chi connectivity index (χ4n) is 2.79. The van der Waals surface area contributed by atoms with Crippen LogP contribution in [-0.2, 0) is 4.79 Å². The maximum Gasteiger partial charge on any atom is 0.320 e. The van der Waals surface area contributed by atoms with Crippen molar-refractivity contribution >= 4 is 12.0 Å². The summed E-state index contributed by atoms with van der Waals surface area (Å²) in [5.74, 6) is -0.865. The summed E-state index contributed by atoms with van der Waals surface area (Å²) in [4.78, 5) is 29.3. The van der Waals surface area contributed by atoms with Crippen LogP contribution in [0, 0.1) is 0 Å². The molecule has 1 rings (SSSR count). The van der Waals surface area contributed by atoms with E-state index in [-0.39, 0.29) is 18.5 Å². The molecular formula is C15H29N3O3. The van der Waals surface area contributed by atoms with E-state index in [0.717, 1.165) is 32.6 Å². The van der Waals surface area contributed by atoms with Crippen LogP contribution in [0.2, 0.25) is 0 Å². The second kappa shape index (κ2) is 8.22. The molecular weight excluding hydrogens is 270 g/mol. The van der Waals surface area contributed by atoms with Gasteiger partial charge in [0.05, 0.1) is 6.42 Å². The summed E-state index contributed by atoms with van der Waals surface area (Å²) in [6, 6.07) is 0.248. The molecule has 21 heavy (non-hydrogen) atoms. The van der Waals surface area contributed by atoms with Crippen molar-refractivity contribution in [2.75, 3.05) is 32.7 Å². The number of hydrogen-bond donors (Lipinski definition) is 1. The van der Waals surface area contributed by atoms with Gasteiger partial charge in [-0.25, -0.2) is 4.79 Å². The van der Waals surface area contributed by atoms with Gasteiger partial charge in [-0.2, -0.15) is 0 Å². The van der Waals surface area contributed by atoms with Gasteiger partial charge in [-0.1, -0.05) is 6.92 Å². The first kappa shape index (κ1) is 17.8. The third-order valence-electron chi connectivity index (χ3n) is 4.39. The normalized spacial score (nSPS) is 19.1. The van der Waals surface area contributed by atoms with E-state index in [0.29, 0.717) is 12.6 Å². The zero-order valence-electron chi connectivity index (χ0n) is 13.7. The third-order valence-corrected chi connectivity index (χ3v) is 4.39. The van der Waals surface area contributed by atoms with Crippen molar-refractivity contribution in [2.24, 2.45) is 0 Å². The molecule has 6 nitrogen and oxygen atoms in total. The molecule has 0 aromatic carbocycles. The maximum atomic E-state index is 12.5. The maximum absolute atomic E-state index is 12.5. The summed E-state index contributed by atoms with van der Waals surface area (Å²) in [6.07, 6.45) is 1.11. The average molecular weight is 299 g/mol. The highest BCUT2D eigenvalue weighted by molar-refractivity contribution is 5.76. The molecule has 6 heteroatoms. The number of carbonyl (C=O) groups is 2. The van der Waals surface area contributed by atoms with Gasteiger partial charge in [-0.05, 0) is 27.2 Å². The second-order valence-corrected chi connectivity index (χ2v) is 5.80. The standard InChI is InChI=1S/C15H29N3O3/c1-5-12(3)16-7-9-17(10-8-16)15(21)18(6-2)13(4)11-14(19)20/h12-13H,5-11H2,1-4H3,(H,19,20). The third kappa shape index (κ3) is 4.88. The van der Waals surface area contributed by atoms with Crippen LogP contribution in [0.15, 0.2) is 0 Å². The fourth-order valence-corrected chi connectivity index (χ4v) is 2.79. The van der Waals surface area contributed by atoms with Gasteiger partial charge in [0.1, 0.15) is 0 Å². The highest BCUT2D eigenvalue weighted by Crippen LogP contribution is 2.13. The van der Waals surface area contributed by atoms with Crippen molar-refractivity contribution in [3.63, 3.8) is 0 Å². The smallest absolute Gasteiger partial charge is 0.320 e. The minimum atomic E-state index is -0.865. The van der Waals surface area contributed by atoms with Gasteiger partial charge in [0, 0.05) is 44.8 Å². The van der Waals surface area contributed by atoms with Crippen LogP contribution in [0.25, 0.3) is 0 Å². The lowest BCUT2D eigenvalue weighted by Gasteiger charge is -2.40. The van der Waals surface area contributed by atoms with Gasteiger partial charge in [-0.3, -0.25) is 9.69 Å². The molecule has 0 bridgehead atoms. The van der Waals surface area contributed by atoms with Crippen molar-refractivity contribution in [3.8, 4) is 0 Å². The first-order valence-electron chi connectivity index (χ1n) is 7.92. The monoisotopic (exact) mass is 299 g/mol. The summed E-state index contributed by atoms with van der Waals surface area (Å²) in [6.45, 7) is 11.9. The summed E-state index contributed by atoms with van der Waals surface area (Å²) >= 11 is 0. The van der Waals surface area contributed by atoms with Crippen LogP contribution in [0.3, 0.4) is 0 Å². The molecule has 1 aliphatic heterocycles. The zero-order chi connectivity index (χ0) is 16.0. The molecule has 1 saturated heterocycles. The number of nitrogens with zero attached hydrogens (tertiary/aromatic N) is 3. The zero-order valence-corrected chi connectivity index (χ0v) is 13.7. The predicted molar refractivity (Wildman–Crippen MR) is 82.4 cm³/mol. The fraction of sp³-hybridized carbons (Fsp3) is 0.867. The van der Waals surface area contributed by atoms with E-state index in [1.54, 1.807) is 11.8 Å². The molecule has 0 aromatic rings. The number of aliphatic carboxylic acids is 1. The number of amides is 2. The second-order valence-electron chi connectivity index (χ2n) is 5.80. The summed E-state index contributed by atoms with van der Waals surface area (Å²) in [7, 11) is 0. The van der Waals surface area contributed by atoms with Crippen molar-refractivity contribution in [3.05, 3.63) is 0 Å². The molecule has 0 saturated carbocycles. The van der Waals surface area contributed by atoms with Crippen LogP contribution in [-0.4, -0.2) is 76.6 Å². The minimum absolute atomic E-state index is 0.00753. The largest absolute Gasteiger partial charge is 0.481 e. The molecule has 0 aliphatic carbocycles. The lowest BCUT2D eigenvalue weighted by atomic mass is 10.2. The van der Waals surface area contributed by atoms with E-state index in [4.69, 9.17) is 5.11 Å². The molecule has 1 fully saturated rings. The quantitative estimate of drug-likeness (QED) is 0.811. The molecule has 2 unspecified atom stereocenters. The van der Waals surface area contributed by atoms with Crippen molar-refractivity contribution in [1.82, 2.24) is 14.7 Å². The molecule has 122 valence electrons. The number of piperazine rings is 1. The Labute approximate surface area is 127 Å². The van der Waals surface area contributed by atoms with Crippen LogP contribution in [0.5, 0.6) is 0 Å². The average Bonchev–Trinajstić information content (AvgIpc) is 2.46. The Balaban J connectivity index is 2.56. The van der Waals surface area contributed by atoms with Crippen LogP contribution < -0.4 is 0 Å². The SMILES string of the molecule is CCC(C)N1CCN(C(=O)N(CC)C(C)CC(=O)O)CC1. The van der Waals surface area contributed by atoms with E-state index >= 15 is 0 Å². The molecule has 1 heterocycles. The topological polar surface area (TPSA) is 64.1 Å².